The lowest BCUT2D eigenvalue weighted by atomic mass is 9.86. The van der Waals surface area contributed by atoms with E-state index in [4.69, 9.17) is 5.11 Å². The van der Waals surface area contributed by atoms with E-state index in [0.29, 0.717) is 18.9 Å². The predicted octanol–water partition coefficient (Wildman–Crippen LogP) is 1.95. The smallest absolute Gasteiger partial charge is 0.220 e. The minimum atomic E-state index is -0.204. The molecule has 98 valence electrons. The van der Waals surface area contributed by atoms with Gasteiger partial charge in [-0.05, 0) is 37.0 Å². The predicted molar refractivity (Wildman–Crippen MR) is 67.4 cm³/mol. The lowest BCUT2D eigenvalue weighted by Gasteiger charge is -2.24. The van der Waals surface area contributed by atoms with Gasteiger partial charge in [-0.3, -0.25) is 4.79 Å². The third-order valence-corrected chi connectivity index (χ3v) is 4.52. The van der Waals surface area contributed by atoms with E-state index in [2.05, 4.69) is 5.32 Å². The van der Waals surface area contributed by atoms with Crippen molar-refractivity contribution in [3.63, 3.8) is 0 Å². The Kier molecular flexibility index (Phi) is 3.76. The van der Waals surface area contributed by atoms with Crippen molar-refractivity contribution in [2.45, 2.75) is 46.0 Å². The maximum absolute atomic E-state index is 11.8. The molecule has 2 bridgehead atoms. The van der Waals surface area contributed by atoms with Gasteiger partial charge < -0.3 is 10.4 Å². The van der Waals surface area contributed by atoms with E-state index >= 15 is 0 Å². The van der Waals surface area contributed by atoms with Crippen LogP contribution in [-0.4, -0.2) is 24.2 Å². The summed E-state index contributed by atoms with van der Waals surface area (Å²) >= 11 is 0. The highest BCUT2D eigenvalue weighted by Gasteiger charge is 2.40. The van der Waals surface area contributed by atoms with Gasteiger partial charge in [0.25, 0.3) is 0 Å². The van der Waals surface area contributed by atoms with Crippen LogP contribution in [-0.2, 0) is 4.79 Å². The lowest BCUT2D eigenvalue weighted by Crippen LogP contribution is -2.37. The van der Waals surface area contributed by atoms with Crippen LogP contribution in [0.1, 0.15) is 46.0 Å². The number of amides is 1. The Morgan fingerprint density at radius 2 is 2.12 bits per heavy atom. The molecule has 0 radical (unpaired) electrons. The fourth-order valence-corrected chi connectivity index (χ4v) is 3.33. The molecule has 3 atom stereocenters. The van der Waals surface area contributed by atoms with Gasteiger partial charge in [0.2, 0.25) is 5.91 Å². The van der Waals surface area contributed by atoms with Gasteiger partial charge in [0.1, 0.15) is 0 Å². The number of rotatable bonds is 5. The molecule has 2 rings (SSSR count). The first kappa shape index (κ1) is 12.9. The van der Waals surface area contributed by atoms with Crippen LogP contribution in [0.2, 0.25) is 0 Å². The Labute approximate surface area is 104 Å². The number of aliphatic hydroxyl groups excluding tert-OH is 1. The van der Waals surface area contributed by atoms with Crippen LogP contribution in [0, 0.1) is 23.2 Å². The number of carbonyl (C=O) groups is 1. The molecule has 0 heterocycles. The number of hydrogen-bond acceptors (Lipinski definition) is 2. The Balaban J connectivity index is 1.71. The fraction of sp³-hybridized carbons (Fsp3) is 0.929. The van der Waals surface area contributed by atoms with Crippen LogP contribution >= 0.6 is 0 Å². The number of aliphatic hydroxyl groups is 1. The second-order valence-corrected chi connectivity index (χ2v) is 6.74. The number of nitrogens with one attached hydrogen (secondary N) is 1. The molecule has 2 aliphatic carbocycles. The molecule has 0 aromatic rings. The second-order valence-electron chi connectivity index (χ2n) is 6.74. The van der Waals surface area contributed by atoms with E-state index in [9.17, 15) is 4.79 Å². The Morgan fingerprint density at radius 1 is 1.35 bits per heavy atom. The molecule has 0 spiro atoms. The van der Waals surface area contributed by atoms with Crippen molar-refractivity contribution in [3.8, 4) is 0 Å². The van der Waals surface area contributed by atoms with Crippen LogP contribution in [0.5, 0.6) is 0 Å². The summed E-state index contributed by atoms with van der Waals surface area (Å²) in [4.78, 5) is 11.8. The molecule has 0 aliphatic heterocycles. The van der Waals surface area contributed by atoms with E-state index in [0.717, 1.165) is 11.8 Å². The highest BCUT2D eigenvalue weighted by molar-refractivity contribution is 5.76. The number of carbonyl (C=O) groups excluding carboxylic acids is 1. The molecule has 17 heavy (non-hydrogen) atoms. The van der Waals surface area contributed by atoms with Crippen LogP contribution < -0.4 is 5.32 Å². The Bertz CT molecular complexity index is 288. The van der Waals surface area contributed by atoms with E-state index in [1.165, 1.54) is 25.7 Å². The van der Waals surface area contributed by atoms with Crippen molar-refractivity contribution in [3.05, 3.63) is 0 Å². The van der Waals surface area contributed by atoms with Gasteiger partial charge in [-0.25, -0.2) is 0 Å². The first-order valence-electron chi connectivity index (χ1n) is 6.88. The van der Waals surface area contributed by atoms with Crippen molar-refractivity contribution < 1.29 is 9.90 Å². The Morgan fingerprint density at radius 3 is 2.65 bits per heavy atom. The van der Waals surface area contributed by atoms with Crippen molar-refractivity contribution in [1.29, 1.82) is 0 Å². The molecule has 3 heteroatoms. The third kappa shape index (κ3) is 3.21. The van der Waals surface area contributed by atoms with Gasteiger partial charge in [0, 0.05) is 25.0 Å². The first-order valence-corrected chi connectivity index (χ1v) is 6.88. The molecule has 3 unspecified atom stereocenters. The molecular formula is C14H25NO2. The van der Waals surface area contributed by atoms with Gasteiger partial charge in [-0.1, -0.05) is 20.3 Å². The average Bonchev–Trinajstić information content (AvgIpc) is 2.88. The second kappa shape index (κ2) is 4.97. The highest BCUT2D eigenvalue weighted by atomic mass is 16.3. The summed E-state index contributed by atoms with van der Waals surface area (Å²) in [7, 11) is 0. The molecule has 2 fully saturated rings. The maximum Gasteiger partial charge on any atom is 0.220 e. The summed E-state index contributed by atoms with van der Waals surface area (Å²) in [5.74, 6) is 2.53. The SMILES string of the molecule is CC(C)(CO)CNC(=O)CC1CC2CCC1C2. The molecule has 0 aromatic heterocycles. The standard InChI is InChI=1S/C14H25NO2/c1-14(2,9-16)8-15-13(17)7-12-6-10-3-4-11(12)5-10/h10-12,16H,3-9H2,1-2H3,(H,15,17). The lowest BCUT2D eigenvalue weighted by molar-refractivity contribution is -0.122. The summed E-state index contributed by atoms with van der Waals surface area (Å²) in [5, 5.41) is 12.1. The quantitative estimate of drug-likeness (QED) is 0.770. The Hall–Kier alpha value is -0.570. The third-order valence-electron chi connectivity index (χ3n) is 4.52. The van der Waals surface area contributed by atoms with Crippen molar-refractivity contribution >= 4 is 5.91 Å². The summed E-state index contributed by atoms with van der Waals surface area (Å²) in [6.07, 6.45) is 6.05. The zero-order valence-electron chi connectivity index (χ0n) is 11.0. The van der Waals surface area contributed by atoms with E-state index in [-0.39, 0.29) is 17.9 Å². The van der Waals surface area contributed by atoms with E-state index < -0.39 is 0 Å². The molecule has 0 aromatic carbocycles. The molecule has 1 amide bonds. The van der Waals surface area contributed by atoms with Crippen LogP contribution in [0.4, 0.5) is 0 Å². The van der Waals surface area contributed by atoms with Crippen molar-refractivity contribution in [2.24, 2.45) is 23.2 Å². The number of hydrogen-bond donors (Lipinski definition) is 2. The van der Waals surface area contributed by atoms with E-state index in [1.54, 1.807) is 0 Å². The summed E-state index contributed by atoms with van der Waals surface area (Å²) in [6, 6.07) is 0. The van der Waals surface area contributed by atoms with Gasteiger partial charge in [-0.15, -0.1) is 0 Å². The van der Waals surface area contributed by atoms with Crippen molar-refractivity contribution in [2.75, 3.05) is 13.2 Å². The fourth-order valence-electron chi connectivity index (χ4n) is 3.33. The normalized spacial score (nSPS) is 31.8. The highest BCUT2D eigenvalue weighted by Crippen LogP contribution is 2.49. The minimum Gasteiger partial charge on any atom is -0.396 e. The molecule has 2 aliphatic rings. The maximum atomic E-state index is 11.8. The van der Waals surface area contributed by atoms with Gasteiger partial charge in [0.05, 0.1) is 0 Å². The number of fused-ring (bicyclic) bond motifs is 2. The van der Waals surface area contributed by atoms with Crippen molar-refractivity contribution in [1.82, 2.24) is 5.32 Å². The molecule has 2 saturated carbocycles. The van der Waals surface area contributed by atoms with Gasteiger partial charge >= 0.3 is 0 Å². The van der Waals surface area contributed by atoms with Gasteiger partial charge in [0.15, 0.2) is 0 Å². The van der Waals surface area contributed by atoms with E-state index in [1.807, 2.05) is 13.8 Å². The zero-order valence-corrected chi connectivity index (χ0v) is 11.0. The topological polar surface area (TPSA) is 49.3 Å². The monoisotopic (exact) mass is 239 g/mol. The first-order chi connectivity index (χ1) is 8.00. The molecule has 3 nitrogen and oxygen atoms in total. The summed E-state index contributed by atoms with van der Waals surface area (Å²) in [5.41, 5.74) is -0.204. The molecule has 2 N–H and O–H groups in total. The molecular weight excluding hydrogens is 214 g/mol. The van der Waals surface area contributed by atoms with Gasteiger partial charge in [-0.2, -0.15) is 0 Å². The largest absolute Gasteiger partial charge is 0.396 e. The average molecular weight is 239 g/mol. The zero-order chi connectivity index (χ0) is 12.5. The minimum absolute atomic E-state index is 0.113. The molecule has 0 saturated heterocycles. The summed E-state index contributed by atoms with van der Waals surface area (Å²) in [6.45, 7) is 4.61. The summed E-state index contributed by atoms with van der Waals surface area (Å²) < 4.78 is 0. The van der Waals surface area contributed by atoms with Crippen LogP contribution in [0.15, 0.2) is 0 Å². The van der Waals surface area contributed by atoms with Crippen LogP contribution in [0.25, 0.3) is 0 Å². The van der Waals surface area contributed by atoms with Crippen LogP contribution in [0.3, 0.4) is 0 Å².